The Morgan fingerprint density at radius 1 is 0.741 bits per heavy atom. The predicted molar refractivity (Wildman–Crippen MR) is 58.8 cm³/mol. The number of alkyl halides is 13. The molecule has 0 fully saturated rings. The molecule has 0 aliphatic carbocycles. The molecule has 0 saturated heterocycles. The van der Waals surface area contributed by atoms with E-state index in [-0.39, 0.29) is 0 Å². The molecule has 1 aromatic heterocycles. The lowest BCUT2D eigenvalue weighted by Gasteiger charge is -2.39. The van der Waals surface area contributed by atoms with Crippen LogP contribution in [0.15, 0.2) is 12.7 Å². The molecule has 158 valence electrons. The summed E-state index contributed by atoms with van der Waals surface area (Å²) in [5, 5.41) is 3.38. The van der Waals surface area contributed by atoms with Gasteiger partial charge in [-0.1, -0.05) is 0 Å². The molecule has 0 radical (unpaired) electrons. The van der Waals surface area contributed by atoms with Crippen LogP contribution in [-0.4, -0.2) is 45.6 Å². The van der Waals surface area contributed by atoms with Crippen LogP contribution < -0.4 is 4.57 Å². The highest BCUT2D eigenvalue weighted by atomic mass is 19.4. The van der Waals surface area contributed by atoms with Crippen molar-refractivity contribution in [1.82, 2.24) is 9.78 Å². The minimum Gasteiger partial charge on any atom is -0.237 e. The van der Waals surface area contributed by atoms with Crippen LogP contribution in [0, 0.1) is 0 Å². The Balaban J connectivity index is 3.24. The molecule has 0 unspecified atom stereocenters. The van der Waals surface area contributed by atoms with Crippen LogP contribution in [0.1, 0.15) is 6.42 Å². The number of aromatic nitrogens is 3. The number of nitrogens with zero attached hydrogens (tertiary/aromatic N) is 3. The van der Waals surface area contributed by atoms with Crippen molar-refractivity contribution in [3.63, 3.8) is 0 Å². The summed E-state index contributed by atoms with van der Waals surface area (Å²) >= 11 is 0. The van der Waals surface area contributed by atoms with Gasteiger partial charge in [-0.3, -0.25) is 0 Å². The van der Waals surface area contributed by atoms with Gasteiger partial charge < -0.3 is 0 Å². The van der Waals surface area contributed by atoms with Gasteiger partial charge in [0.15, 0.2) is 0 Å². The topological polar surface area (TPSA) is 21.7 Å². The lowest BCUT2D eigenvalue weighted by molar-refractivity contribution is -0.701. The monoisotopic (exact) mass is 430 g/mol. The molecule has 16 heteroatoms. The molecule has 1 heterocycles. The van der Waals surface area contributed by atoms with Crippen LogP contribution in [0.25, 0.3) is 0 Å². The summed E-state index contributed by atoms with van der Waals surface area (Å²) < 4.78 is 169. The second kappa shape index (κ2) is 6.39. The fourth-order valence-corrected chi connectivity index (χ4v) is 1.77. The Bertz CT molecular complexity index is 661. The summed E-state index contributed by atoms with van der Waals surface area (Å²) in [6.07, 6.45) is -8.06. The number of hydrogen-bond acceptors (Lipinski definition) is 1. The van der Waals surface area contributed by atoms with Crippen LogP contribution in [0.5, 0.6) is 0 Å². The zero-order valence-corrected chi connectivity index (χ0v) is 12.8. The van der Waals surface area contributed by atoms with Crippen molar-refractivity contribution in [2.45, 2.75) is 48.8 Å². The van der Waals surface area contributed by atoms with Crippen molar-refractivity contribution < 1.29 is 61.6 Å². The average Bonchev–Trinajstić information content (AvgIpc) is 2.89. The van der Waals surface area contributed by atoms with E-state index in [1.54, 1.807) is 0 Å². The molecule has 0 aliphatic heterocycles. The Hall–Kier alpha value is -1.77. The zero-order valence-electron chi connectivity index (χ0n) is 12.8. The molecule has 27 heavy (non-hydrogen) atoms. The first kappa shape index (κ1) is 23.3. The predicted octanol–water partition coefficient (Wildman–Crippen LogP) is 3.84. The first-order valence-corrected chi connectivity index (χ1v) is 6.56. The molecule has 0 aromatic carbocycles. The van der Waals surface area contributed by atoms with Gasteiger partial charge in [-0.2, -0.15) is 57.1 Å². The molecule has 0 N–H and O–H groups in total. The van der Waals surface area contributed by atoms with Crippen LogP contribution in [0.3, 0.4) is 0 Å². The first-order valence-electron chi connectivity index (χ1n) is 6.56. The van der Waals surface area contributed by atoms with Crippen molar-refractivity contribution in [3.8, 4) is 0 Å². The van der Waals surface area contributed by atoms with Gasteiger partial charge in [0.2, 0.25) is 6.33 Å². The number of hydrogen-bond donors (Lipinski definition) is 0. The highest BCUT2D eigenvalue weighted by molar-refractivity contribution is 5.09. The largest absolute Gasteiger partial charge is 0.460 e. The Morgan fingerprint density at radius 2 is 1.19 bits per heavy atom. The minimum absolute atomic E-state index is 0.630. The molecule has 0 aliphatic rings. The van der Waals surface area contributed by atoms with Gasteiger partial charge in [-0.05, 0) is 0 Å². The fourth-order valence-electron chi connectivity index (χ4n) is 1.77. The zero-order chi connectivity index (χ0) is 21.7. The van der Waals surface area contributed by atoms with Gasteiger partial charge in [-0.25, -0.2) is 4.57 Å². The summed E-state index contributed by atoms with van der Waals surface area (Å²) in [6.45, 7) is -1.21. The van der Waals surface area contributed by atoms with Gasteiger partial charge in [0, 0.05) is 11.5 Å². The Kier molecular flexibility index (Phi) is 5.51. The van der Waals surface area contributed by atoms with Crippen LogP contribution >= 0.6 is 0 Å². The van der Waals surface area contributed by atoms with E-state index in [9.17, 15) is 57.1 Å². The quantitative estimate of drug-likeness (QED) is 0.476. The highest BCUT2D eigenvalue weighted by Gasteiger charge is 2.90. The van der Waals surface area contributed by atoms with Crippen LogP contribution in [0.2, 0.25) is 0 Å². The van der Waals surface area contributed by atoms with E-state index >= 15 is 0 Å². The van der Waals surface area contributed by atoms with Crippen molar-refractivity contribution in [1.29, 1.82) is 0 Å². The number of rotatable bonds is 7. The van der Waals surface area contributed by atoms with Gasteiger partial charge in [-0.15, -0.1) is 4.68 Å². The van der Waals surface area contributed by atoms with Crippen LogP contribution in [0.4, 0.5) is 57.1 Å². The van der Waals surface area contributed by atoms with Crippen molar-refractivity contribution in [3.05, 3.63) is 12.7 Å². The summed E-state index contributed by atoms with van der Waals surface area (Å²) in [5.74, 6) is -36.7. The minimum atomic E-state index is -7.87. The third-order valence-electron chi connectivity index (χ3n) is 3.38. The first-order chi connectivity index (χ1) is 11.7. The molecular formula is C11H9F13N3+. The van der Waals surface area contributed by atoms with Gasteiger partial charge in [0.25, 0.3) is 6.33 Å². The van der Waals surface area contributed by atoms with Crippen molar-refractivity contribution >= 4 is 0 Å². The smallest absolute Gasteiger partial charge is 0.237 e. The molecule has 1 aromatic rings. The van der Waals surface area contributed by atoms with E-state index in [1.807, 2.05) is 0 Å². The Morgan fingerprint density at radius 3 is 1.56 bits per heavy atom. The number of halogens is 13. The summed E-state index contributed by atoms with van der Waals surface area (Å²) in [4.78, 5) is 0. The SMILES string of the molecule is Cn1c[n+](CCC(F)(F)C(F)(F)C(F)(F)C(F)(F)C(F)(F)C(F)(F)F)cn1. The van der Waals surface area contributed by atoms with Crippen molar-refractivity contribution in [2.24, 2.45) is 7.05 Å². The van der Waals surface area contributed by atoms with E-state index in [1.165, 1.54) is 7.05 Å². The molecule has 1 rings (SSSR count). The summed E-state index contributed by atoms with van der Waals surface area (Å²) in [6, 6.07) is 0. The molecule has 0 spiro atoms. The lowest BCUT2D eigenvalue weighted by atomic mass is 9.92. The van der Waals surface area contributed by atoms with Gasteiger partial charge >= 0.3 is 35.8 Å². The Labute approximate surface area is 141 Å². The van der Waals surface area contributed by atoms with Crippen LogP contribution in [-0.2, 0) is 13.6 Å². The fraction of sp³-hybridized carbons (Fsp3) is 0.818. The molecule has 0 amide bonds. The lowest BCUT2D eigenvalue weighted by Crippen LogP contribution is -2.70. The second-order valence-corrected chi connectivity index (χ2v) is 5.41. The molecule has 3 nitrogen and oxygen atoms in total. The second-order valence-electron chi connectivity index (χ2n) is 5.41. The van der Waals surface area contributed by atoms with E-state index in [0.29, 0.717) is 4.57 Å². The van der Waals surface area contributed by atoms with Gasteiger partial charge in [0.1, 0.15) is 0 Å². The number of aryl methyl sites for hydroxylation is 2. The molecular weight excluding hydrogens is 421 g/mol. The maximum atomic E-state index is 13.5. The highest BCUT2D eigenvalue weighted by Crippen LogP contribution is 2.60. The maximum Gasteiger partial charge on any atom is 0.460 e. The van der Waals surface area contributed by atoms with E-state index in [2.05, 4.69) is 5.10 Å². The maximum absolute atomic E-state index is 13.5. The van der Waals surface area contributed by atoms with Gasteiger partial charge in [0.05, 0.1) is 13.6 Å². The van der Waals surface area contributed by atoms with E-state index in [0.717, 1.165) is 17.3 Å². The molecule has 0 saturated carbocycles. The summed E-state index contributed by atoms with van der Waals surface area (Å²) in [5.41, 5.74) is 0. The summed E-state index contributed by atoms with van der Waals surface area (Å²) in [7, 11) is 1.23. The van der Waals surface area contributed by atoms with E-state index in [4.69, 9.17) is 0 Å². The average molecular weight is 430 g/mol. The third kappa shape index (κ3) is 3.53. The van der Waals surface area contributed by atoms with Crippen molar-refractivity contribution in [2.75, 3.05) is 0 Å². The normalized spacial score (nSPS) is 15.3. The third-order valence-corrected chi connectivity index (χ3v) is 3.38. The standard InChI is InChI=1S/C11H9F13N3/c1-26-5-27(4-25-26)3-2-6(12,13)7(14,15)8(16,17)9(18,19)10(20,21)11(22,23)24/h4-5H,2-3H2,1H3/q+1. The molecule has 0 atom stereocenters. The van der Waals surface area contributed by atoms with E-state index < -0.39 is 48.8 Å². The molecule has 0 bridgehead atoms.